The lowest BCUT2D eigenvalue weighted by molar-refractivity contribution is 0.249. The van der Waals surface area contributed by atoms with Crippen molar-refractivity contribution < 1.29 is 10.0 Å². The number of amidine groups is 1. The van der Waals surface area contributed by atoms with Crippen LogP contribution in [0.15, 0.2) is 5.16 Å². The maximum absolute atomic E-state index is 10.3. The van der Waals surface area contributed by atoms with E-state index in [4.69, 9.17) is 16.7 Å². The van der Waals surface area contributed by atoms with Crippen LogP contribution in [0.25, 0.3) is 0 Å². The molecular formula is C8H19N5O2. The number of nitrogens with zero attached hydrogens (tertiary/aromatic N) is 1. The Labute approximate surface area is 88.9 Å². The molecule has 2 amide bonds. The van der Waals surface area contributed by atoms with Crippen molar-refractivity contribution in [2.24, 2.45) is 16.6 Å². The van der Waals surface area contributed by atoms with Gasteiger partial charge in [-0.1, -0.05) is 5.16 Å². The summed E-state index contributed by atoms with van der Waals surface area (Å²) in [5.74, 6) is 0.255. The number of carbonyl (C=O) groups excluding carboxylic acids is 1. The summed E-state index contributed by atoms with van der Waals surface area (Å²) in [7, 11) is 0. The Morgan fingerprint density at radius 3 is 2.53 bits per heavy atom. The summed E-state index contributed by atoms with van der Waals surface area (Å²) in [5.41, 5.74) is 10.2. The van der Waals surface area contributed by atoms with E-state index >= 15 is 0 Å². The van der Waals surface area contributed by atoms with E-state index in [0.717, 1.165) is 19.4 Å². The monoisotopic (exact) mass is 217 g/mol. The fraction of sp³-hybridized carbons (Fsp3) is 0.750. The van der Waals surface area contributed by atoms with Crippen LogP contribution in [0.2, 0.25) is 0 Å². The van der Waals surface area contributed by atoms with Gasteiger partial charge in [0, 0.05) is 19.5 Å². The fourth-order valence-corrected chi connectivity index (χ4v) is 1.01. The molecule has 0 saturated heterocycles. The molecule has 7 heteroatoms. The van der Waals surface area contributed by atoms with Gasteiger partial charge in [0.15, 0.2) is 0 Å². The van der Waals surface area contributed by atoms with Gasteiger partial charge in [0.1, 0.15) is 5.84 Å². The van der Waals surface area contributed by atoms with E-state index in [1.165, 1.54) is 0 Å². The van der Waals surface area contributed by atoms with Crippen molar-refractivity contribution in [3.05, 3.63) is 0 Å². The first kappa shape index (κ1) is 13.5. The Bertz CT molecular complexity index is 207. The SMILES string of the molecule is NC(=O)NCCNCCCCC(N)=NO. The van der Waals surface area contributed by atoms with Crippen molar-refractivity contribution >= 4 is 11.9 Å². The third kappa shape index (κ3) is 10.4. The quantitative estimate of drug-likeness (QED) is 0.119. The van der Waals surface area contributed by atoms with Crippen molar-refractivity contribution in [1.82, 2.24) is 10.6 Å². The lowest BCUT2D eigenvalue weighted by Crippen LogP contribution is -2.35. The molecule has 0 saturated carbocycles. The van der Waals surface area contributed by atoms with Crippen LogP contribution in [-0.2, 0) is 0 Å². The van der Waals surface area contributed by atoms with E-state index in [2.05, 4.69) is 15.8 Å². The highest BCUT2D eigenvalue weighted by molar-refractivity contribution is 5.79. The summed E-state index contributed by atoms with van der Waals surface area (Å²) >= 11 is 0. The second kappa shape index (κ2) is 9.07. The first-order chi connectivity index (χ1) is 7.16. The molecule has 0 spiro atoms. The first-order valence-electron chi connectivity index (χ1n) is 4.87. The topological polar surface area (TPSA) is 126 Å². The van der Waals surface area contributed by atoms with Crippen LogP contribution < -0.4 is 22.1 Å². The maximum atomic E-state index is 10.3. The lowest BCUT2D eigenvalue weighted by Gasteiger charge is -2.04. The van der Waals surface area contributed by atoms with E-state index in [0.29, 0.717) is 19.5 Å². The van der Waals surface area contributed by atoms with E-state index < -0.39 is 6.03 Å². The molecule has 0 aliphatic rings. The number of urea groups is 1. The second-order valence-corrected chi connectivity index (χ2v) is 3.09. The number of amides is 2. The molecule has 0 rings (SSSR count). The molecule has 0 radical (unpaired) electrons. The van der Waals surface area contributed by atoms with E-state index in [9.17, 15) is 4.79 Å². The summed E-state index contributed by atoms with van der Waals surface area (Å²) in [6.07, 6.45) is 2.40. The average molecular weight is 217 g/mol. The highest BCUT2D eigenvalue weighted by atomic mass is 16.4. The molecule has 7 N–H and O–H groups in total. The van der Waals surface area contributed by atoms with Gasteiger partial charge in [-0.15, -0.1) is 0 Å². The number of nitrogens with two attached hydrogens (primary N) is 2. The molecule has 0 aliphatic heterocycles. The van der Waals surface area contributed by atoms with Crippen LogP contribution in [-0.4, -0.2) is 36.7 Å². The summed E-state index contributed by atoms with van der Waals surface area (Å²) < 4.78 is 0. The largest absolute Gasteiger partial charge is 0.409 e. The smallest absolute Gasteiger partial charge is 0.312 e. The number of nitrogens with one attached hydrogen (secondary N) is 2. The van der Waals surface area contributed by atoms with E-state index in [-0.39, 0.29) is 5.84 Å². The molecule has 7 nitrogen and oxygen atoms in total. The molecule has 0 aromatic rings. The van der Waals surface area contributed by atoms with Gasteiger partial charge in [-0.2, -0.15) is 0 Å². The van der Waals surface area contributed by atoms with Crippen molar-refractivity contribution in [3.8, 4) is 0 Å². The Morgan fingerprint density at radius 1 is 1.20 bits per heavy atom. The molecular weight excluding hydrogens is 198 g/mol. The number of hydrogen-bond acceptors (Lipinski definition) is 4. The Kier molecular flexibility index (Phi) is 8.16. The standard InChI is InChI=1S/C8H19N5O2/c9-7(13-15)3-1-2-4-11-5-6-12-8(10)14/h11,15H,1-6H2,(H2,9,13)(H3,10,12,14). The van der Waals surface area contributed by atoms with Crippen LogP contribution in [0, 0.1) is 0 Å². The molecule has 15 heavy (non-hydrogen) atoms. The summed E-state index contributed by atoms with van der Waals surface area (Å²) in [4.78, 5) is 10.3. The highest BCUT2D eigenvalue weighted by Crippen LogP contribution is 1.93. The van der Waals surface area contributed by atoms with E-state index in [1.54, 1.807) is 0 Å². The van der Waals surface area contributed by atoms with Gasteiger partial charge in [-0.3, -0.25) is 0 Å². The average Bonchev–Trinajstić information content (AvgIpc) is 2.21. The zero-order valence-corrected chi connectivity index (χ0v) is 8.70. The predicted molar refractivity (Wildman–Crippen MR) is 57.7 cm³/mol. The van der Waals surface area contributed by atoms with Gasteiger partial charge >= 0.3 is 6.03 Å². The van der Waals surface area contributed by atoms with Crippen molar-refractivity contribution in [2.75, 3.05) is 19.6 Å². The summed E-state index contributed by atoms with van der Waals surface area (Å²) in [5, 5.41) is 16.7. The number of primary amides is 1. The lowest BCUT2D eigenvalue weighted by atomic mass is 10.2. The molecule has 0 fully saturated rings. The summed E-state index contributed by atoms with van der Waals surface area (Å²) in [6, 6.07) is -0.510. The minimum Gasteiger partial charge on any atom is -0.409 e. The molecule has 0 aromatic carbocycles. The molecule has 88 valence electrons. The predicted octanol–water partition coefficient (Wildman–Crippen LogP) is -0.839. The van der Waals surface area contributed by atoms with Gasteiger partial charge in [-0.05, 0) is 19.4 Å². The number of oxime groups is 1. The minimum atomic E-state index is -0.510. The molecule has 0 unspecified atom stereocenters. The van der Waals surface area contributed by atoms with Gasteiger partial charge in [-0.25, -0.2) is 4.79 Å². The normalized spacial score (nSPS) is 11.3. The third-order valence-corrected chi connectivity index (χ3v) is 1.77. The van der Waals surface area contributed by atoms with Crippen molar-refractivity contribution in [2.45, 2.75) is 19.3 Å². The second-order valence-electron chi connectivity index (χ2n) is 3.09. The zero-order valence-electron chi connectivity index (χ0n) is 8.70. The zero-order chi connectivity index (χ0) is 11.5. The Hall–Kier alpha value is -1.50. The Morgan fingerprint density at radius 2 is 1.93 bits per heavy atom. The molecule has 0 aliphatic carbocycles. The van der Waals surface area contributed by atoms with Crippen LogP contribution in [0.3, 0.4) is 0 Å². The molecule has 0 aromatic heterocycles. The number of carbonyl (C=O) groups is 1. The maximum Gasteiger partial charge on any atom is 0.312 e. The first-order valence-corrected chi connectivity index (χ1v) is 4.87. The summed E-state index contributed by atoms with van der Waals surface area (Å²) in [6.45, 7) is 2.04. The fourth-order valence-electron chi connectivity index (χ4n) is 1.01. The Balaban J connectivity index is 3.08. The van der Waals surface area contributed by atoms with Gasteiger partial charge in [0.25, 0.3) is 0 Å². The third-order valence-electron chi connectivity index (χ3n) is 1.77. The van der Waals surface area contributed by atoms with Gasteiger partial charge in [0.2, 0.25) is 0 Å². The van der Waals surface area contributed by atoms with Crippen molar-refractivity contribution in [3.63, 3.8) is 0 Å². The van der Waals surface area contributed by atoms with Crippen LogP contribution in [0.4, 0.5) is 4.79 Å². The number of hydrogen-bond donors (Lipinski definition) is 5. The van der Waals surface area contributed by atoms with Crippen LogP contribution in [0.5, 0.6) is 0 Å². The van der Waals surface area contributed by atoms with Gasteiger partial charge < -0.3 is 27.3 Å². The highest BCUT2D eigenvalue weighted by Gasteiger charge is 1.94. The van der Waals surface area contributed by atoms with Gasteiger partial charge in [0.05, 0.1) is 0 Å². The van der Waals surface area contributed by atoms with E-state index in [1.807, 2.05) is 0 Å². The van der Waals surface area contributed by atoms with Crippen LogP contribution >= 0.6 is 0 Å². The minimum absolute atomic E-state index is 0.255. The van der Waals surface area contributed by atoms with Crippen LogP contribution in [0.1, 0.15) is 19.3 Å². The van der Waals surface area contributed by atoms with Crippen molar-refractivity contribution in [1.29, 1.82) is 0 Å². The molecule has 0 heterocycles. The molecule has 0 atom stereocenters. The number of rotatable bonds is 8. The number of unbranched alkanes of at least 4 members (excludes halogenated alkanes) is 1. The molecule has 0 bridgehead atoms.